The molecular weight excluding hydrogens is 356 g/mol. The van der Waals surface area contributed by atoms with E-state index in [1.165, 1.54) is 6.07 Å². The minimum atomic E-state index is -3.93. The number of fused-ring (bicyclic) bond motifs is 1. The van der Waals surface area contributed by atoms with Gasteiger partial charge in [-0.3, -0.25) is 0 Å². The maximum absolute atomic E-state index is 12.1. The second-order valence-electron chi connectivity index (χ2n) is 5.74. The summed E-state index contributed by atoms with van der Waals surface area (Å²) < 4.78 is 24.2. The van der Waals surface area contributed by atoms with Gasteiger partial charge in [-0.15, -0.1) is 0 Å². The van der Waals surface area contributed by atoms with E-state index in [0.29, 0.717) is 16.6 Å². The van der Waals surface area contributed by atoms with Crippen molar-refractivity contribution in [3.05, 3.63) is 48.2 Å². The van der Waals surface area contributed by atoms with Crippen molar-refractivity contribution in [3.63, 3.8) is 0 Å². The number of hydrazine groups is 3. The molecule has 1 aromatic heterocycles. The van der Waals surface area contributed by atoms with Gasteiger partial charge in [-0.2, -0.15) is 11.1 Å². The molecule has 0 atom stereocenters. The molecule has 0 bridgehead atoms. The number of hydrogen-bond acceptors (Lipinski definition) is 9. The van der Waals surface area contributed by atoms with Gasteiger partial charge in [0.15, 0.2) is 0 Å². The number of anilines is 1. The molecule has 0 saturated carbocycles. The quantitative estimate of drug-likeness (QED) is 0.361. The normalized spacial score (nSPS) is 15.6. The van der Waals surface area contributed by atoms with E-state index in [4.69, 9.17) is 10.9 Å². The molecule has 134 valence electrons. The van der Waals surface area contributed by atoms with Crippen molar-refractivity contribution >= 4 is 26.9 Å². The van der Waals surface area contributed by atoms with Gasteiger partial charge >= 0.3 is 0 Å². The van der Waals surface area contributed by atoms with Crippen molar-refractivity contribution in [1.82, 2.24) is 31.9 Å². The van der Waals surface area contributed by atoms with Gasteiger partial charge in [0, 0.05) is 17.1 Å². The molecule has 11 heteroatoms. The molecule has 0 radical (unpaired) electrons. The fourth-order valence-corrected chi connectivity index (χ4v) is 3.75. The van der Waals surface area contributed by atoms with Gasteiger partial charge in [0.1, 0.15) is 6.17 Å². The van der Waals surface area contributed by atoms with Crippen LogP contribution in [-0.2, 0) is 10.0 Å². The number of sulfonamides is 1. The Balaban J connectivity index is 1.96. The number of hydrogen-bond donors (Lipinski definition) is 6. The lowest BCUT2D eigenvalue weighted by Gasteiger charge is -2.19. The lowest BCUT2D eigenvalue weighted by molar-refractivity contribution is 0.540. The van der Waals surface area contributed by atoms with Crippen LogP contribution in [0.3, 0.4) is 0 Å². The number of primary sulfonamides is 1. The van der Waals surface area contributed by atoms with Crippen LogP contribution in [0.2, 0.25) is 0 Å². The van der Waals surface area contributed by atoms with Crippen LogP contribution in [-0.4, -0.2) is 18.4 Å². The molecule has 1 aliphatic rings. The van der Waals surface area contributed by atoms with Gasteiger partial charge in [0.2, 0.25) is 16.0 Å². The number of nitrogen functional groups attached to an aromatic ring is 1. The molecule has 2 aromatic carbocycles. The van der Waals surface area contributed by atoms with E-state index < -0.39 is 16.2 Å². The lowest BCUT2D eigenvalue weighted by atomic mass is 9.97. The van der Waals surface area contributed by atoms with Crippen molar-refractivity contribution in [2.45, 2.75) is 11.1 Å². The van der Waals surface area contributed by atoms with Crippen molar-refractivity contribution < 1.29 is 8.42 Å². The standard InChI is InChI=1S/C15H16N8O2S/c16-15-18-7-9-5-4-8(6-11(9)19-15)10-2-1-3-12(26(17,24)25)13(10)14-20-22-23-21-14/h1-7,14,20-23H,(H2,16,18,19)(H2,17,24,25). The molecular formula is C15H16N8O2S. The van der Waals surface area contributed by atoms with E-state index in [1.807, 2.05) is 24.3 Å². The summed E-state index contributed by atoms with van der Waals surface area (Å²) in [6, 6.07) is 10.5. The van der Waals surface area contributed by atoms with Crippen molar-refractivity contribution in [2.75, 3.05) is 5.73 Å². The number of nitrogens with two attached hydrogens (primary N) is 2. The van der Waals surface area contributed by atoms with Crippen LogP contribution in [0.15, 0.2) is 47.5 Å². The molecule has 26 heavy (non-hydrogen) atoms. The number of nitrogens with zero attached hydrogens (tertiary/aromatic N) is 2. The smallest absolute Gasteiger partial charge is 0.238 e. The number of rotatable bonds is 3. The second-order valence-corrected chi connectivity index (χ2v) is 7.27. The van der Waals surface area contributed by atoms with Crippen LogP contribution in [0, 0.1) is 0 Å². The highest BCUT2D eigenvalue weighted by Crippen LogP contribution is 2.33. The van der Waals surface area contributed by atoms with Crippen LogP contribution in [0.1, 0.15) is 11.7 Å². The molecule has 0 spiro atoms. The molecule has 1 fully saturated rings. The maximum atomic E-state index is 12.1. The Hall–Kier alpha value is -2.67. The zero-order valence-corrected chi connectivity index (χ0v) is 14.2. The predicted molar refractivity (Wildman–Crippen MR) is 96.0 cm³/mol. The number of aromatic nitrogens is 2. The lowest BCUT2D eigenvalue weighted by Crippen LogP contribution is -2.33. The topological polar surface area (TPSA) is 160 Å². The third-order valence-electron chi connectivity index (χ3n) is 4.07. The first kappa shape index (κ1) is 16.8. The van der Waals surface area contributed by atoms with E-state index in [-0.39, 0.29) is 10.8 Å². The summed E-state index contributed by atoms with van der Waals surface area (Å²) in [5.41, 5.74) is 19.4. The van der Waals surface area contributed by atoms with Crippen LogP contribution >= 0.6 is 0 Å². The predicted octanol–water partition coefficient (Wildman–Crippen LogP) is -0.358. The molecule has 1 saturated heterocycles. The van der Waals surface area contributed by atoms with Crippen LogP contribution < -0.4 is 32.8 Å². The Morgan fingerprint density at radius 3 is 2.58 bits per heavy atom. The van der Waals surface area contributed by atoms with Crippen LogP contribution in [0.4, 0.5) is 5.95 Å². The summed E-state index contributed by atoms with van der Waals surface area (Å²) in [7, 11) is -3.93. The van der Waals surface area contributed by atoms with E-state index in [1.54, 1.807) is 12.3 Å². The molecule has 10 nitrogen and oxygen atoms in total. The fraction of sp³-hybridized carbons (Fsp3) is 0.0667. The summed E-state index contributed by atoms with van der Waals surface area (Å²) in [6.45, 7) is 0. The summed E-state index contributed by atoms with van der Waals surface area (Å²) in [5, 5.41) is 6.25. The Labute approximate surface area is 149 Å². The zero-order valence-electron chi connectivity index (χ0n) is 13.4. The highest BCUT2D eigenvalue weighted by molar-refractivity contribution is 7.89. The van der Waals surface area contributed by atoms with Gasteiger partial charge in [0.25, 0.3) is 0 Å². The average Bonchev–Trinajstić information content (AvgIpc) is 3.14. The molecule has 4 rings (SSSR count). The first-order valence-corrected chi connectivity index (χ1v) is 9.17. The Kier molecular flexibility index (Phi) is 4.03. The first-order valence-electron chi connectivity index (χ1n) is 7.63. The molecule has 3 aromatic rings. The molecule has 1 aliphatic heterocycles. The van der Waals surface area contributed by atoms with Crippen LogP contribution in [0.25, 0.3) is 22.0 Å². The van der Waals surface area contributed by atoms with Crippen LogP contribution in [0.5, 0.6) is 0 Å². The Morgan fingerprint density at radius 1 is 1.08 bits per heavy atom. The largest absolute Gasteiger partial charge is 0.368 e. The average molecular weight is 372 g/mol. The maximum Gasteiger partial charge on any atom is 0.238 e. The van der Waals surface area contributed by atoms with Gasteiger partial charge in [-0.05, 0) is 23.3 Å². The van der Waals surface area contributed by atoms with Crippen molar-refractivity contribution in [3.8, 4) is 11.1 Å². The second kappa shape index (κ2) is 6.25. The first-order chi connectivity index (χ1) is 12.4. The van der Waals surface area contributed by atoms with Gasteiger partial charge in [-0.1, -0.05) is 24.3 Å². The highest BCUT2D eigenvalue weighted by atomic mass is 32.2. The minimum absolute atomic E-state index is 0.0211. The van der Waals surface area contributed by atoms with Gasteiger partial charge in [-0.25, -0.2) is 34.4 Å². The molecule has 8 N–H and O–H groups in total. The number of nitrogens with one attached hydrogen (secondary N) is 4. The molecule has 0 aliphatic carbocycles. The molecule has 0 unspecified atom stereocenters. The van der Waals surface area contributed by atoms with Crippen molar-refractivity contribution in [1.29, 1.82) is 0 Å². The number of benzene rings is 2. The minimum Gasteiger partial charge on any atom is -0.368 e. The SMILES string of the molecule is Nc1ncc2ccc(-c3cccc(S(N)(=O)=O)c3C3NNNN3)cc2n1. The summed E-state index contributed by atoms with van der Waals surface area (Å²) in [6.07, 6.45) is 1.11. The van der Waals surface area contributed by atoms with E-state index in [9.17, 15) is 8.42 Å². The Bertz CT molecular complexity index is 1100. The third kappa shape index (κ3) is 2.99. The monoisotopic (exact) mass is 372 g/mol. The van der Waals surface area contributed by atoms with Gasteiger partial charge < -0.3 is 5.73 Å². The van der Waals surface area contributed by atoms with E-state index >= 15 is 0 Å². The summed E-state index contributed by atoms with van der Waals surface area (Å²) in [5.74, 6) is 0.167. The summed E-state index contributed by atoms with van der Waals surface area (Å²) in [4.78, 5) is 8.22. The van der Waals surface area contributed by atoms with Crippen molar-refractivity contribution in [2.24, 2.45) is 5.14 Å². The third-order valence-corrected chi connectivity index (χ3v) is 5.04. The van der Waals surface area contributed by atoms with Gasteiger partial charge in [0.05, 0.1) is 10.4 Å². The zero-order chi connectivity index (χ0) is 18.3. The van der Waals surface area contributed by atoms with E-state index in [0.717, 1.165) is 10.9 Å². The Morgan fingerprint density at radius 2 is 1.85 bits per heavy atom. The molecule has 2 heterocycles. The summed E-state index contributed by atoms with van der Waals surface area (Å²) >= 11 is 0. The highest BCUT2D eigenvalue weighted by Gasteiger charge is 2.27. The fourth-order valence-electron chi connectivity index (χ4n) is 2.94. The molecule has 0 amide bonds. The van der Waals surface area contributed by atoms with E-state index in [2.05, 4.69) is 31.9 Å².